The van der Waals surface area contributed by atoms with Crippen LogP contribution in [0, 0.1) is 5.92 Å². The lowest BCUT2D eigenvalue weighted by Gasteiger charge is -2.32. The van der Waals surface area contributed by atoms with Crippen molar-refractivity contribution in [2.75, 3.05) is 36.6 Å². The Kier molecular flexibility index (Phi) is 7.16. The van der Waals surface area contributed by atoms with E-state index in [1.807, 2.05) is 26.8 Å². The van der Waals surface area contributed by atoms with Gasteiger partial charge in [0.2, 0.25) is 0 Å². The Hall–Kier alpha value is -1.91. The zero-order chi connectivity index (χ0) is 23.6. The minimum Gasteiger partial charge on any atom is -0.443 e. The number of carbonyl (C=O) groups excluding carboxylic acids is 1. The predicted octanol–water partition coefficient (Wildman–Crippen LogP) is 4.38. The Labute approximate surface area is 203 Å². The molecule has 2 aliphatic rings. The van der Waals surface area contributed by atoms with Crippen molar-refractivity contribution in [2.24, 2.45) is 5.92 Å². The van der Waals surface area contributed by atoms with Gasteiger partial charge in [0.05, 0.1) is 22.8 Å². The number of nitrogens with zero attached hydrogens (tertiary/aromatic N) is 4. The van der Waals surface area contributed by atoms with Crippen LogP contribution in [-0.4, -0.2) is 63.3 Å². The molecule has 0 bridgehead atoms. The Morgan fingerprint density at radius 3 is 2.70 bits per heavy atom. The number of anilines is 2. The third-order valence-electron chi connectivity index (χ3n) is 6.34. The van der Waals surface area contributed by atoms with Crippen molar-refractivity contribution in [3.05, 3.63) is 16.7 Å². The minimum atomic E-state index is -0.631. The highest BCUT2D eigenvalue weighted by Crippen LogP contribution is 2.34. The zero-order valence-electron chi connectivity index (χ0n) is 19.6. The van der Waals surface area contributed by atoms with Gasteiger partial charge >= 0.3 is 6.09 Å². The quantitative estimate of drug-likeness (QED) is 0.579. The van der Waals surface area contributed by atoms with Gasteiger partial charge in [-0.25, -0.2) is 9.78 Å². The van der Waals surface area contributed by atoms with Crippen LogP contribution in [0.5, 0.6) is 0 Å². The number of ether oxygens (including phenoxy) is 2. The molecule has 33 heavy (non-hydrogen) atoms. The van der Waals surface area contributed by atoms with Crippen LogP contribution in [0.2, 0.25) is 0 Å². The van der Waals surface area contributed by atoms with E-state index >= 15 is 0 Å². The monoisotopic (exact) mass is 523 g/mol. The van der Waals surface area contributed by atoms with E-state index in [9.17, 15) is 9.90 Å². The second kappa shape index (κ2) is 9.76. The molecule has 10 heteroatoms. The lowest BCUT2D eigenvalue weighted by Crippen LogP contribution is -2.42. The van der Waals surface area contributed by atoms with E-state index in [1.54, 1.807) is 15.6 Å². The van der Waals surface area contributed by atoms with Crippen LogP contribution in [0.1, 0.15) is 59.3 Å². The summed E-state index contributed by atoms with van der Waals surface area (Å²) in [6.45, 7) is 7.51. The van der Waals surface area contributed by atoms with Gasteiger partial charge in [0.25, 0.3) is 0 Å². The lowest BCUT2D eigenvalue weighted by molar-refractivity contribution is 0.0512. The smallest absolute Gasteiger partial charge is 0.416 e. The Morgan fingerprint density at radius 2 is 2.06 bits per heavy atom. The second-order valence-electron chi connectivity index (χ2n) is 10.1. The fraction of sp³-hybridized carbons (Fsp3) is 0.696. The number of carbonyl (C=O) groups is 1. The summed E-state index contributed by atoms with van der Waals surface area (Å²) in [7, 11) is 0. The maximum absolute atomic E-state index is 13.4. The van der Waals surface area contributed by atoms with Crippen molar-refractivity contribution in [3.63, 3.8) is 0 Å². The summed E-state index contributed by atoms with van der Waals surface area (Å²) in [6.07, 6.45) is 6.91. The van der Waals surface area contributed by atoms with Crippen LogP contribution in [0.3, 0.4) is 0 Å². The van der Waals surface area contributed by atoms with Gasteiger partial charge in [0, 0.05) is 25.8 Å². The molecular formula is C23H34BrN5O4. The average Bonchev–Trinajstić information content (AvgIpc) is 3.39. The summed E-state index contributed by atoms with van der Waals surface area (Å²) >= 11 is 3.54. The van der Waals surface area contributed by atoms with Crippen molar-refractivity contribution in [1.29, 1.82) is 0 Å². The van der Waals surface area contributed by atoms with Crippen LogP contribution < -0.4 is 10.2 Å². The number of aromatic nitrogens is 3. The summed E-state index contributed by atoms with van der Waals surface area (Å²) in [5.41, 5.74) is -0.429. The summed E-state index contributed by atoms with van der Waals surface area (Å²) in [5.74, 6) is 1.48. The van der Waals surface area contributed by atoms with Crippen molar-refractivity contribution < 1.29 is 19.4 Å². The van der Waals surface area contributed by atoms with E-state index < -0.39 is 17.2 Å². The van der Waals surface area contributed by atoms with Crippen LogP contribution in [0.4, 0.5) is 16.4 Å². The highest BCUT2D eigenvalue weighted by atomic mass is 79.9. The van der Waals surface area contributed by atoms with E-state index in [2.05, 4.69) is 26.3 Å². The van der Waals surface area contributed by atoms with Gasteiger partial charge in [-0.3, -0.25) is 4.90 Å². The number of nitrogens with one attached hydrogen (secondary N) is 1. The van der Waals surface area contributed by atoms with Crippen molar-refractivity contribution in [1.82, 2.24) is 14.6 Å². The van der Waals surface area contributed by atoms with Gasteiger partial charge in [-0.1, -0.05) is 12.8 Å². The Balaban J connectivity index is 1.75. The summed E-state index contributed by atoms with van der Waals surface area (Å²) in [6, 6.07) is 1.84. The molecule has 1 aliphatic heterocycles. The number of rotatable bonds is 6. The van der Waals surface area contributed by atoms with Gasteiger partial charge < -0.3 is 19.9 Å². The summed E-state index contributed by atoms with van der Waals surface area (Å²) in [4.78, 5) is 19.8. The van der Waals surface area contributed by atoms with Crippen LogP contribution in [0.25, 0.3) is 5.65 Å². The molecule has 2 aromatic heterocycles. The first-order valence-electron chi connectivity index (χ1n) is 11.7. The normalized spacial score (nSPS) is 19.1. The number of aliphatic hydroxyl groups excluding tert-OH is 1. The number of aliphatic hydroxyl groups is 1. The third-order valence-corrected chi connectivity index (χ3v) is 6.90. The van der Waals surface area contributed by atoms with Gasteiger partial charge in [-0.2, -0.15) is 9.61 Å². The van der Waals surface area contributed by atoms with E-state index in [1.165, 1.54) is 0 Å². The molecule has 2 fully saturated rings. The molecule has 9 nitrogen and oxygen atoms in total. The van der Waals surface area contributed by atoms with Crippen molar-refractivity contribution >= 4 is 39.3 Å². The first-order valence-corrected chi connectivity index (χ1v) is 12.5. The first kappa shape index (κ1) is 24.2. The van der Waals surface area contributed by atoms with Gasteiger partial charge in [0.15, 0.2) is 5.65 Å². The van der Waals surface area contributed by atoms with Crippen molar-refractivity contribution in [3.8, 4) is 0 Å². The Bertz CT molecular complexity index is 977. The fourth-order valence-corrected chi connectivity index (χ4v) is 4.94. The molecule has 1 saturated carbocycles. The van der Waals surface area contributed by atoms with Gasteiger partial charge in [-0.05, 0) is 68.3 Å². The molecule has 2 N–H and O–H groups in total. The molecule has 0 unspecified atom stereocenters. The van der Waals surface area contributed by atoms with Gasteiger partial charge in [-0.15, -0.1) is 0 Å². The fourth-order valence-electron chi connectivity index (χ4n) is 4.59. The number of amides is 1. The largest absolute Gasteiger partial charge is 0.443 e. The molecule has 0 aromatic carbocycles. The summed E-state index contributed by atoms with van der Waals surface area (Å²) < 4.78 is 13.7. The maximum atomic E-state index is 13.4. The average molecular weight is 524 g/mol. The van der Waals surface area contributed by atoms with Crippen LogP contribution in [-0.2, 0) is 9.47 Å². The zero-order valence-corrected chi connectivity index (χ0v) is 21.2. The third kappa shape index (κ3) is 5.60. The maximum Gasteiger partial charge on any atom is 0.416 e. The molecule has 0 radical (unpaired) electrons. The highest BCUT2D eigenvalue weighted by molar-refractivity contribution is 9.10. The number of hydrogen-bond donors (Lipinski definition) is 2. The minimum absolute atomic E-state index is 0.0352. The molecule has 4 rings (SSSR count). The van der Waals surface area contributed by atoms with E-state index in [-0.39, 0.29) is 6.61 Å². The molecule has 3 heterocycles. The topological polar surface area (TPSA) is 101 Å². The van der Waals surface area contributed by atoms with E-state index in [4.69, 9.17) is 14.5 Å². The number of hydrogen-bond acceptors (Lipinski definition) is 7. The molecule has 2 aromatic rings. The molecule has 1 saturated heterocycles. The lowest BCUT2D eigenvalue weighted by atomic mass is 9.99. The van der Waals surface area contributed by atoms with Crippen molar-refractivity contribution in [2.45, 2.75) is 70.4 Å². The number of fused-ring (bicyclic) bond motifs is 1. The molecule has 182 valence electrons. The highest BCUT2D eigenvalue weighted by Gasteiger charge is 2.35. The van der Waals surface area contributed by atoms with Gasteiger partial charge in [0.1, 0.15) is 17.2 Å². The summed E-state index contributed by atoms with van der Waals surface area (Å²) in [5, 5.41) is 18.1. The van der Waals surface area contributed by atoms with Crippen LogP contribution in [0.15, 0.2) is 16.7 Å². The van der Waals surface area contributed by atoms with E-state index in [0.717, 1.165) is 43.0 Å². The van der Waals surface area contributed by atoms with E-state index in [0.29, 0.717) is 43.0 Å². The SMILES string of the molecule is CC(C)(C)OC(=O)N(CC1CCOCC1)c1cc(NC2(CO)CCCC2)nc2c(Br)cnn12. The molecular weight excluding hydrogens is 490 g/mol. The molecule has 1 aliphatic carbocycles. The molecule has 0 atom stereocenters. The standard InChI is InChI=1S/C23H34BrN5O4/c1-22(2,3)33-21(31)28(14-16-6-10-32-11-7-16)19-12-18(26-20-17(24)13-25-29(19)20)27-23(15-30)8-4-5-9-23/h12-13,16,30H,4-11,14-15H2,1-3H3,(H,26,27). The predicted molar refractivity (Wildman–Crippen MR) is 130 cm³/mol. The molecule has 0 spiro atoms. The number of halogens is 1. The first-order chi connectivity index (χ1) is 15.7. The second-order valence-corrected chi connectivity index (χ2v) is 11.0. The Morgan fingerprint density at radius 1 is 1.36 bits per heavy atom. The molecule has 1 amide bonds. The van der Waals surface area contributed by atoms with Crippen LogP contribution >= 0.6 is 15.9 Å².